The van der Waals surface area contributed by atoms with E-state index in [0.717, 1.165) is 28.2 Å². The molecule has 0 fully saturated rings. The summed E-state index contributed by atoms with van der Waals surface area (Å²) in [6.45, 7) is 6.29. The van der Waals surface area contributed by atoms with Gasteiger partial charge in [-0.15, -0.1) is 0 Å². The molecule has 4 aromatic rings. The number of fused-ring (bicyclic) bond motifs is 1. The SMILES string of the molecule is Cc1cc(C)c(-n2ncnc2-c2cccc3ocnc23)c(C)c1. The summed E-state index contributed by atoms with van der Waals surface area (Å²) in [5.41, 5.74) is 7.09. The van der Waals surface area contributed by atoms with Gasteiger partial charge in [-0.25, -0.2) is 14.6 Å². The Morgan fingerprint density at radius 2 is 1.78 bits per heavy atom. The molecule has 23 heavy (non-hydrogen) atoms. The van der Waals surface area contributed by atoms with Crippen molar-refractivity contribution in [1.29, 1.82) is 0 Å². The van der Waals surface area contributed by atoms with Gasteiger partial charge >= 0.3 is 0 Å². The maximum absolute atomic E-state index is 5.40. The van der Waals surface area contributed by atoms with Crippen LogP contribution in [0.3, 0.4) is 0 Å². The van der Waals surface area contributed by atoms with Gasteiger partial charge in [0, 0.05) is 5.56 Å². The largest absolute Gasteiger partial charge is 0.443 e. The number of aromatic nitrogens is 4. The predicted molar refractivity (Wildman–Crippen MR) is 88.6 cm³/mol. The smallest absolute Gasteiger partial charge is 0.182 e. The molecule has 0 aliphatic rings. The second-order valence-electron chi connectivity index (χ2n) is 5.75. The summed E-state index contributed by atoms with van der Waals surface area (Å²) >= 11 is 0. The third-order valence-corrected chi connectivity index (χ3v) is 4.00. The van der Waals surface area contributed by atoms with Crippen LogP contribution in [0.4, 0.5) is 0 Å². The van der Waals surface area contributed by atoms with E-state index in [1.165, 1.54) is 23.1 Å². The molecule has 0 saturated heterocycles. The number of rotatable bonds is 2. The van der Waals surface area contributed by atoms with Crippen LogP contribution >= 0.6 is 0 Å². The molecule has 0 aliphatic heterocycles. The van der Waals surface area contributed by atoms with E-state index in [4.69, 9.17) is 4.42 Å². The highest BCUT2D eigenvalue weighted by Gasteiger charge is 2.17. The number of para-hydroxylation sites is 1. The van der Waals surface area contributed by atoms with Crippen molar-refractivity contribution >= 4 is 11.1 Å². The number of oxazole rings is 1. The van der Waals surface area contributed by atoms with E-state index < -0.39 is 0 Å². The Balaban J connectivity index is 1.99. The summed E-state index contributed by atoms with van der Waals surface area (Å²) in [5, 5.41) is 4.45. The molecule has 0 spiro atoms. The molecule has 0 saturated carbocycles. The highest BCUT2D eigenvalue weighted by molar-refractivity contribution is 5.88. The van der Waals surface area contributed by atoms with Gasteiger partial charge < -0.3 is 4.42 Å². The molecule has 0 atom stereocenters. The van der Waals surface area contributed by atoms with E-state index >= 15 is 0 Å². The third kappa shape index (κ3) is 2.12. The van der Waals surface area contributed by atoms with E-state index in [-0.39, 0.29) is 0 Å². The standard InChI is InChI=1S/C18H16N4O/c1-11-7-12(2)17(13(3)8-11)22-18(19-9-21-22)14-5-4-6-15-16(14)20-10-23-15/h4-10H,1-3H3. The van der Waals surface area contributed by atoms with Gasteiger partial charge in [0.25, 0.3) is 0 Å². The predicted octanol–water partition coefficient (Wildman–Crippen LogP) is 4.00. The van der Waals surface area contributed by atoms with Gasteiger partial charge in [0.1, 0.15) is 11.8 Å². The summed E-state index contributed by atoms with van der Waals surface area (Å²) in [5.74, 6) is 0.763. The lowest BCUT2D eigenvalue weighted by Crippen LogP contribution is -2.05. The average Bonchev–Trinajstić information content (AvgIpc) is 3.14. The van der Waals surface area contributed by atoms with Crippen molar-refractivity contribution in [3.63, 3.8) is 0 Å². The molecule has 4 rings (SSSR count). The second-order valence-corrected chi connectivity index (χ2v) is 5.75. The van der Waals surface area contributed by atoms with Crippen LogP contribution in [0.25, 0.3) is 28.2 Å². The Bertz CT molecular complexity index is 990. The molecule has 0 bridgehead atoms. The van der Waals surface area contributed by atoms with Gasteiger partial charge in [-0.3, -0.25) is 0 Å². The van der Waals surface area contributed by atoms with Crippen molar-refractivity contribution in [1.82, 2.24) is 19.7 Å². The van der Waals surface area contributed by atoms with Gasteiger partial charge in [0.2, 0.25) is 0 Å². The van der Waals surface area contributed by atoms with E-state index in [2.05, 4.69) is 48.0 Å². The fourth-order valence-corrected chi connectivity index (χ4v) is 3.16. The van der Waals surface area contributed by atoms with Gasteiger partial charge in [0.05, 0.1) is 5.69 Å². The van der Waals surface area contributed by atoms with Crippen molar-refractivity contribution < 1.29 is 4.42 Å². The number of hydrogen-bond acceptors (Lipinski definition) is 4. The molecule has 0 aliphatic carbocycles. The minimum absolute atomic E-state index is 0.745. The van der Waals surface area contributed by atoms with Gasteiger partial charge in [-0.1, -0.05) is 23.8 Å². The summed E-state index contributed by atoms with van der Waals surface area (Å²) in [6.07, 6.45) is 3.03. The molecule has 5 nitrogen and oxygen atoms in total. The summed E-state index contributed by atoms with van der Waals surface area (Å²) in [7, 11) is 0. The molecule has 0 unspecified atom stereocenters. The molecule has 114 valence electrons. The number of hydrogen-bond donors (Lipinski definition) is 0. The van der Waals surface area contributed by atoms with Crippen molar-refractivity contribution in [3.05, 3.63) is 59.7 Å². The number of nitrogens with zero attached hydrogens (tertiary/aromatic N) is 4. The van der Waals surface area contributed by atoms with E-state index in [1.807, 2.05) is 22.9 Å². The molecular weight excluding hydrogens is 288 g/mol. The van der Waals surface area contributed by atoms with Crippen molar-refractivity contribution in [2.75, 3.05) is 0 Å². The number of benzene rings is 2. The van der Waals surface area contributed by atoms with Crippen molar-refractivity contribution in [2.24, 2.45) is 0 Å². The van der Waals surface area contributed by atoms with Crippen molar-refractivity contribution in [3.8, 4) is 17.1 Å². The lowest BCUT2D eigenvalue weighted by Gasteiger charge is -2.13. The minimum atomic E-state index is 0.745. The monoisotopic (exact) mass is 304 g/mol. The Labute approximate surface area is 133 Å². The Kier molecular flexibility index (Phi) is 3.01. The normalized spacial score (nSPS) is 11.3. The van der Waals surface area contributed by atoms with Gasteiger partial charge in [0.15, 0.2) is 17.8 Å². The Morgan fingerprint density at radius 3 is 2.57 bits per heavy atom. The highest BCUT2D eigenvalue weighted by atomic mass is 16.3. The molecule has 0 N–H and O–H groups in total. The van der Waals surface area contributed by atoms with Crippen LogP contribution in [0, 0.1) is 20.8 Å². The molecule has 0 amide bonds. The van der Waals surface area contributed by atoms with Crippen LogP contribution in [0.1, 0.15) is 16.7 Å². The zero-order chi connectivity index (χ0) is 16.0. The van der Waals surface area contributed by atoms with Crippen LogP contribution in [0.2, 0.25) is 0 Å². The average molecular weight is 304 g/mol. The van der Waals surface area contributed by atoms with Crippen LogP contribution in [-0.4, -0.2) is 19.7 Å². The lowest BCUT2D eigenvalue weighted by atomic mass is 10.0. The van der Waals surface area contributed by atoms with Crippen LogP contribution in [-0.2, 0) is 0 Å². The van der Waals surface area contributed by atoms with E-state index in [0.29, 0.717) is 0 Å². The fourth-order valence-electron chi connectivity index (χ4n) is 3.16. The minimum Gasteiger partial charge on any atom is -0.443 e. The molecule has 2 aromatic carbocycles. The highest BCUT2D eigenvalue weighted by Crippen LogP contribution is 2.29. The quantitative estimate of drug-likeness (QED) is 0.561. The lowest BCUT2D eigenvalue weighted by molar-refractivity contribution is 0.602. The van der Waals surface area contributed by atoms with Crippen LogP contribution in [0.5, 0.6) is 0 Å². The van der Waals surface area contributed by atoms with Crippen molar-refractivity contribution in [2.45, 2.75) is 20.8 Å². The molecule has 2 heterocycles. The third-order valence-electron chi connectivity index (χ3n) is 4.00. The fraction of sp³-hybridized carbons (Fsp3) is 0.167. The summed E-state index contributed by atoms with van der Waals surface area (Å²) in [6, 6.07) is 10.1. The van der Waals surface area contributed by atoms with Gasteiger partial charge in [-0.05, 0) is 44.0 Å². The van der Waals surface area contributed by atoms with E-state index in [1.54, 1.807) is 6.33 Å². The first-order valence-corrected chi connectivity index (χ1v) is 7.46. The topological polar surface area (TPSA) is 56.7 Å². The zero-order valence-electron chi connectivity index (χ0n) is 13.2. The van der Waals surface area contributed by atoms with Crippen LogP contribution < -0.4 is 0 Å². The Morgan fingerprint density at radius 1 is 1.00 bits per heavy atom. The maximum atomic E-state index is 5.40. The summed E-state index contributed by atoms with van der Waals surface area (Å²) in [4.78, 5) is 8.79. The first kappa shape index (κ1) is 13.7. The maximum Gasteiger partial charge on any atom is 0.182 e. The zero-order valence-corrected chi connectivity index (χ0v) is 13.2. The molecule has 5 heteroatoms. The molecular formula is C18H16N4O. The first-order valence-electron chi connectivity index (χ1n) is 7.46. The molecule has 2 aromatic heterocycles. The molecule has 0 radical (unpaired) electrons. The Hall–Kier alpha value is -2.95. The second kappa shape index (κ2) is 5.05. The summed E-state index contributed by atoms with van der Waals surface area (Å²) < 4.78 is 7.28. The number of aryl methyl sites for hydroxylation is 3. The van der Waals surface area contributed by atoms with E-state index in [9.17, 15) is 0 Å². The van der Waals surface area contributed by atoms with Crippen LogP contribution in [0.15, 0.2) is 47.5 Å². The van der Waals surface area contributed by atoms with Gasteiger partial charge in [-0.2, -0.15) is 5.10 Å². The first-order chi connectivity index (χ1) is 11.1.